The van der Waals surface area contributed by atoms with Crippen LogP contribution < -0.4 is 9.47 Å². The van der Waals surface area contributed by atoms with Gasteiger partial charge in [-0.3, -0.25) is 4.90 Å². The highest BCUT2D eigenvalue weighted by atomic mass is 19.4. The summed E-state index contributed by atoms with van der Waals surface area (Å²) in [5.74, 6) is 0.466. The van der Waals surface area contributed by atoms with Crippen LogP contribution in [0.15, 0.2) is 48.5 Å². The van der Waals surface area contributed by atoms with Crippen molar-refractivity contribution in [1.29, 1.82) is 0 Å². The van der Waals surface area contributed by atoms with E-state index in [1.807, 2.05) is 18.2 Å². The minimum Gasteiger partial charge on any atom is -0.490 e. The number of ether oxygens (including phenoxy) is 2. The highest BCUT2D eigenvalue weighted by Crippen LogP contribution is 2.37. The van der Waals surface area contributed by atoms with Gasteiger partial charge in [-0.2, -0.15) is 0 Å². The topological polar surface area (TPSA) is 21.7 Å². The highest BCUT2D eigenvalue weighted by molar-refractivity contribution is 5.41. The molecule has 0 spiro atoms. The predicted molar refractivity (Wildman–Crippen MR) is 100 cm³/mol. The first kappa shape index (κ1) is 19.1. The van der Waals surface area contributed by atoms with Crippen LogP contribution in [0.5, 0.6) is 11.5 Å². The molecule has 3 nitrogen and oxygen atoms in total. The third kappa shape index (κ3) is 4.98. The maximum absolute atomic E-state index is 12.7. The molecule has 4 rings (SSSR count). The Morgan fingerprint density at radius 1 is 0.964 bits per heavy atom. The molecule has 28 heavy (non-hydrogen) atoms. The number of benzene rings is 2. The van der Waals surface area contributed by atoms with Crippen molar-refractivity contribution < 1.29 is 22.6 Å². The second-order valence-electron chi connectivity index (χ2n) is 7.53. The number of hydrogen-bond acceptors (Lipinski definition) is 3. The van der Waals surface area contributed by atoms with Gasteiger partial charge in [0.1, 0.15) is 11.5 Å². The summed E-state index contributed by atoms with van der Waals surface area (Å²) in [5, 5.41) is 0. The molecule has 1 aliphatic carbocycles. The summed E-state index contributed by atoms with van der Waals surface area (Å²) in [5.41, 5.74) is 1.99. The van der Waals surface area contributed by atoms with E-state index < -0.39 is 6.36 Å². The van der Waals surface area contributed by atoms with E-state index in [4.69, 9.17) is 4.74 Å². The maximum Gasteiger partial charge on any atom is 0.573 e. The Bertz CT molecular complexity index is 790. The molecule has 2 aromatic rings. The maximum atomic E-state index is 12.7. The first-order chi connectivity index (χ1) is 13.5. The van der Waals surface area contributed by atoms with E-state index in [0.29, 0.717) is 12.3 Å². The van der Waals surface area contributed by atoms with Crippen LogP contribution >= 0.6 is 0 Å². The van der Waals surface area contributed by atoms with Gasteiger partial charge >= 0.3 is 6.36 Å². The van der Waals surface area contributed by atoms with Crippen molar-refractivity contribution in [2.45, 2.75) is 57.2 Å². The zero-order valence-electron chi connectivity index (χ0n) is 15.6. The molecule has 0 radical (unpaired) electrons. The third-order valence-corrected chi connectivity index (χ3v) is 5.25. The zero-order chi connectivity index (χ0) is 19.6. The van der Waals surface area contributed by atoms with Crippen LogP contribution in [0.3, 0.4) is 0 Å². The van der Waals surface area contributed by atoms with Crippen molar-refractivity contribution in [3.8, 4) is 11.5 Å². The normalized spacial score (nSPS) is 20.8. The zero-order valence-corrected chi connectivity index (χ0v) is 15.6. The van der Waals surface area contributed by atoms with Crippen molar-refractivity contribution >= 4 is 0 Å². The Labute approximate surface area is 163 Å². The lowest BCUT2D eigenvalue weighted by atomic mass is 9.94. The molecule has 0 aromatic heterocycles. The van der Waals surface area contributed by atoms with Crippen LogP contribution in [0.25, 0.3) is 0 Å². The fourth-order valence-corrected chi connectivity index (χ4v) is 3.81. The molecule has 2 aromatic carbocycles. The SMILES string of the molecule is FC(F)(F)Oc1ccc(OC2CC2)c(CN2CCCCC2c2ccccc2)c1. The van der Waals surface area contributed by atoms with Crippen LogP contribution in [0.1, 0.15) is 49.3 Å². The Kier molecular flexibility index (Phi) is 5.49. The lowest BCUT2D eigenvalue weighted by Crippen LogP contribution is -2.33. The van der Waals surface area contributed by atoms with Crippen LogP contribution in [-0.2, 0) is 6.54 Å². The molecule has 1 heterocycles. The minimum atomic E-state index is -4.70. The molecule has 1 unspecified atom stereocenters. The summed E-state index contributed by atoms with van der Waals surface area (Å²) in [7, 11) is 0. The van der Waals surface area contributed by atoms with Crippen molar-refractivity contribution in [1.82, 2.24) is 4.90 Å². The van der Waals surface area contributed by atoms with Gasteiger partial charge in [0.2, 0.25) is 0 Å². The van der Waals surface area contributed by atoms with E-state index in [0.717, 1.165) is 44.2 Å². The monoisotopic (exact) mass is 391 g/mol. The van der Waals surface area contributed by atoms with Crippen molar-refractivity contribution in [2.24, 2.45) is 0 Å². The van der Waals surface area contributed by atoms with E-state index in [9.17, 15) is 13.2 Å². The van der Waals surface area contributed by atoms with E-state index in [1.165, 1.54) is 17.7 Å². The summed E-state index contributed by atoms with van der Waals surface area (Å²) in [6.45, 7) is 1.45. The molecule has 1 atom stereocenters. The van der Waals surface area contributed by atoms with Gasteiger partial charge in [0.25, 0.3) is 0 Å². The standard InChI is InChI=1S/C22H24F3NO2/c23-22(24,25)28-19-11-12-21(27-18-9-10-18)17(14-19)15-26-13-5-4-8-20(26)16-6-2-1-3-7-16/h1-3,6-7,11-12,14,18,20H,4-5,8-10,13,15H2. The van der Waals surface area contributed by atoms with E-state index in [1.54, 1.807) is 6.07 Å². The van der Waals surface area contributed by atoms with E-state index in [-0.39, 0.29) is 17.9 Å². The highest BCUT2D eigenvalue weighted by Gasteiger charge is 2.32. The molecular weight excluding hydrogens is 367 g/mol. The third-order valence-electron chi connectivity index (χ3n) is 5.25. The number of halogens is 3. The van der Waals surface area contributed by atoms with Crippen molar-refractivity contribution in [3.05, 3.63) is 59.7 Å². The number of nitrogens with zero attached hydrogens (tertiary/aromatic N) is 1. The minimum absolute atomic E-state index is 0.180. The average Bonchev–Trinajstić information content (AvgIpc) is 3.48. The van der Waals surface area contributed by atoms with Gasteiger partial charge in [-0.1, -0.05) is 36.8 Å². The molecule has 150 valence electrons. The number of likely N-dealkylation sites (tertiary alicyclic amines) is 1. The summed E-state index contributed by atoms with van der Waals surface area (Å²) >= 11 is 0. The van der Waals surface area contributed by atoms with Gasteiger partial charge in [0.15, 0.2) is 0 Å². The van der Waals surface area contributed by atoms with Gasteiger partial charge in [0.05, 0.1) is 6.10 Å². The average molecular weight is 391 g/mol. The summed E-state index contributed by atoms with van der Waals surface area (Å²) in [4.78, 5) is 2.34. The molecule has 0 amide bonds. The lowest BCUT2D eigenvalue weighted by Gasteiger charge is -2.36. The second kappa shape index (κ2) is 8.03. The van der Waals surface area contributed by atoms with Gasteiger partial charge < -0.3 is 9.47 Å². The van der Waals surface area contributed by atoms with Crippen LogP contribution in [0.2, 0.25) is 0 Å². The summed E-state index contributed by atoms with van der Waals surface area (Å²) in [6, 6.07) is 15.0. The van der Waals surface area contributed by atoms with Gasteiger partial charge in [-0.05, 0) is 56.0 Å². The summed E-state index contributed by atoms with van der Waals surface area (Å²) in [6.07, 6.45) is 0.752. The van der Waals surface area contributed by atoms with Gasteiger partial charge in [-0.25, -0.2) is 0 Å². The van der Waals surface area contributed by atoms with Crippen LogP contribution in [0, 0.1) is 0 Å². The predicted octanol–water partition coefficient (Wildman–Crippen LogP) is 5.85. The molecule has 1 saturated carbocycles. The number of piperidine rings is 1. The Morgan fingerprint density at radius 3 is 2.46 bits per heavy atom. The van der Waals surface area contributed by atoms with Crippen LogP contribution in [0.4, 0.5) is 13.2 Å². The fraction of sp³-hybridized carbons (Fsp3) is 0.455. The molecule has 0 N–H and O–H groups in total. The molecule has 2 aliphatic rings. The fourth-order valence-electron chi connectivity index (χ4n) is 3.81. The van der Waals surface area contributed by atoms with E-state index in [2.05, 4.69) is 21.8 Å². The summed E-state index contributed by atoms with van der Waals surface area (Å²) < 4.78 is 48.1. The molecule has 0 bridgehead atoms. The van der Waals surface area contributed by atoms with Gasteiger partial charge in [-0.15, -0.1) is 13.2 Å². The van der Waals surface area contributed by atoms with Crippen molar-refractivity contribution in [2.75, 3.05) is 6.54 Å². The number of hydrogen-bond donors (Lipinski definition) is 0. The largest absolute Gasteiger partial charge is 0.573 e. The van der Waals surface area contributed by atoms with E-state index >= 15 is 0 Å². The first-order valence-corrected chi connectivity index (χ1v) is 9.82. The Balaban J connectivity index is 1.59. The molecule has 2 fully saturated rings. The number of rotatable bonds is 6. The Morgan fingerprint density at radius 2 is 1.75 bits per heavy atom. The molecule has 1 saturated heterocycles. The smallest absolute Gasteiger partial charge is 0.490 e. The lowest BCUT2D eigenvalue weighted by molar-refractivity contribution is -0.274. The Hall–Kier alpha value is -2.21. The number of alkyl halides is 3. The molecule has 6 heteroatoms. The van der Waals surface area contributed by atoms with Crippen LogP contribution in [-0.4, -0.2) is 23.9 Å². The molecule has 1 aliphatic heterocycles. The van der Waals surface area contributed by atoms with Gasteiger partial charge in [0, 0.05) is 18.2 Å². The first-order valence-electron chi connectivity index (χ1n) is 9.82. The second-order valence-corrected chi connectivity index (χ2v) is 7.53. The van der Waals surface area contributed by atoms with Crippen molar-refractivity contribution in [3.63, 3.8) is 0 Å². The quantitative estimate of drug-likeness (QED) is 0.616. The molecular formula is C22H24F3NO2.